The molecule has 0 rings (SSSR count). The average Bonchev–Trinajstić information content (AvgIpc) is 2.05. The van der Waals surface area contributed by atoms with E-state index in [1.165, 1.54) is 0 Å². The molecule has 0 aliphatic rings. The fourth-order valence-electron chi connectivity index (χ4n) is 0.935. The Balaban J connectivity index is 3.65. The van der Waals surface area contributed by atoms with Gasteiger partial charge in [0.1, 0.15) is 6.61 Å². The van der Waals surface area contributed by atoms with Gasteiger partial charge in [-0.25, -0.2) is 4.79 Å². The van der Waals surface area contributed by atoms with Gasteiger partial charge in [0.2, 0.25) is 0 Å². The van der Waals surface area contributed by atoms with Gasteiger partial charge in [-0.15, -0.1) is 0 Å². The maximum atomic E-state index is 11.0. The Kier molecular flexibility index (Phi) is 7.30. The largest absolute Gasteiger partial charge is 0.460 e. The smallest absolute Gasteiger partial charge is 0.330 e. The Hall–Kier alpha value is -0.830. The molecule has 0 unspecified atom stereocenters. The number of carbonyl (C=O) groups excluding carboxylic acids is 1. The van der Waals surface area contributed by atoms with Crippen LogP contribution in [0.4, 0.5) is 0 Å². The molecule has 0 N–H and O–H groups in total. The van der Waals surface area contributed by atoms with E-state index in [0.717, 1.165) is 18.4 Å². The van der Waals surface area contributed by atoms with E-state index in [2.05, 4.69) is 6.92 Å². The van der Waals surface area contributed by atoms with E-state index >= 15 is 0 Å². The van der Waals surface area contributed by atoms with Gasteiger partial charge in [0, 0.05) is 13.2 Å². The van der Waals surface area contributed by atoms with Crippen LogP contribution in [0, 0.1) is 0 Å². The molecule has 0 radical (unpaired) electrons. The molecule has 3 nitrogen and oxygen atoms in total. The van der Waals surface area contributed by atoms with Crippen molar-refractivity contribution in [3.05, 3.63) is 11.6 Å². The summed E-state index contributed by atoms with van der Waals surface area (Å²) in [5.41, 5.74) is 1.06. The first-order chi connectivity index (χ1) is 6.20. The number of esters is 1. The molecule has 0 saturated carbocycles. The quantitative estimate of drug-likeness (QED) is 0.361. The monoisotopic (exact) mass is 186 g/mol. The van der Waals surface area contributed by atoms with Gasteiger partial charge < -0.3 is 9.47 Å². The molecule has 0 bridgehead atoms. The molecule has 0 amide bonds. The number of hydrogen-bond acceptors (Lipinski definition) is 3. The van der Waals surface area contributed by atoms with E-state index in [9.17, 15) is 4.79 Å². The average molecular weight is 186 g/mol. The van der Waals surface area contributed by atoms with Gasteiger partial charge in [-0.1, -0.05) is 18.9 Å². The third-order valence-electron chi connectivity index (χ3n) is 1.54. The lowest BCUT2D eigenvalue weighted by molar-refractivity contribution is -0.139. The molecule has 0 aliphatic carbocycles. The molecule has 0 heterocycles. The Morgan fingerprint density at radius 1 is 1.38 bits per heavy atom. The third-order valence-corrected chi connectivity index (χ3v) is 1.54. The molecule has 0 aromatic carbocycles. The van der Waals surface area contributed by atoms with Gasteiger partial charge >= 0.3 is 5.97 Å². The topological polar surface area (TPSA) is 35.5 Å². The second kappa shape index (κ2) is 7.80. The van der Waals surface area contributed by atoms with E-state index in [0.29, 0.717) is 13.2 Å². The highest BCUT2D eigenvalue weighted by molar-refractivity contribution is 5.82. The van der Waals surface area contributed by atoms with Crippen LogP contribution in [0.2, 0.25) is 0 Å². The lowest BCUT2D eigenvalue weighted by Crippen LogP contribution is -2.07. The lowest BCUT2D eigenvalue weighted by atomic mass is 10.2. The number of ether oxygens (including phenoxy) is 2. The minimum Gasteiger partial charge on any atom is -0.460 e. The second-order valence-corrected chi connectivity index (χ2v) is 2.90. The van der Waals surface area contributed by atoms with Gasteiger partial charge in [0.05, 0.1) is 6.61 Å². The zero-order valence-corrected chi connectivity index (χ0v) is 8.63. The predicted octanol–water partition coefficient (Wildman–Crippen LogP) is 1.92. The number of carbonyl (C=O) groups is 1. The molecule has 0 fully saturated rings. The summed E-state index contributed by atoms with van der Waals surface area (Å²) in [4.78, 5) is 11.0. The van der Waals surface area contributed by atoms with Crippen molar-refractivity contribution >= 4 is 5.97 Å². The molecule has 0 spiro atoms. The number of rotatable bonds is 6. The van der Waals surface area contributed by atoms with Crippen LogP contribution < -0.4 is 0 Å². The molecule has 0 saturated heterocycles. The SMILES string of the molecule is CCC/C(C)=C/C(=O)OCCOC. The number of methoxy groups -OCH3 is 1. The Bertz CT molecular complexity index is 173. The molecule has 13 heavy (non-hydrogen) atoms. The Morgan fingerprint density at radius 3 is 2.62 bits per heavy atom. The van der Waals surface area contributed by atoms with Crippen LogP contribution in [0.5, 0.6) is 0 Å². The maximum absolute atomic E-state index is 11.0. The highest BCUT2D eigenvalue weighted by Crippen LogP contribution is 2.02. The van der Waals surface area contributed by atoms with Crippen LogP contribution in [0.15, 0.2) is 11.6 Å². The molecule has 76 valence electrons. The molecular formula is C10H18O3. The summed E-state index contributed by atoms with van der Waals surface area (Å²) in [6.07, 6.45) is 3.53. The van der Waals surface area contributed by atoms with Crippen LogP contribution in [0.3, 0.4) is 0 Å². The van der Waals surface area contributed by atoms with Crippen LogP contribution in [0.25, 0.3) is 0 Å². The van der Waals surface area contributed by atoms with Crippen LogP contribution >= 0.6 is 0 Å². The van der Waals surface area contributed by atoms with E-state index in [1.54, 1.807) is 13.2 Å². The lowest BCUT2D eigenvalue weighted by Gasteiger charge is -2.01. The minimum atomic E-state index is -0.275. The van der Waals surface area contributed by atoms with Crippen molar-refractivity contribution in [3.63, 3.8) is 0 Å². The van der Waals surface area contributed by atoms with Crippen LogP contribution in [-0.2, 0) is 14.3 Å². The van der Waals surface area contributed by atoms with Gasteiger partial charge in [0.15, 0.2) is 0 Å². The van der Waals surface area contributed by atoms with E-state index in [4.69, 9.17) is 9.47 Å². The first-order valence-corrected chi connectivity index (χ1v) is 4.53. The summed E-state index contributed by atoms with van der Waals surface area (Å²) in [6.45, 7) is 4.78. The number of hydrogen-bond donors (Lipinski definition) is 0. The minimum absolute atomic E-state index is 0.275. The van der Waals surface area contributed by atoms with Gasteiger partial charge in [-0.3, -0.25) is 0 Å². The summed E-state index contributed by atoms with van der Waals surface area (Å²) in [6, 6.07) is 0. The number of allylic oxidation sites excluding steroid dienone is 1. The van der Waals surface area contributed by atoms with Crippen LogP contribution in [-0.4, -0.2) is 26.3 Å². The highest BCUT2D eigenvalue weighted by atomic mass is 16.6. The van der Waals surface area contributed by atoms with Crippen molar-refractivity contribution in [1.29, 1.82) is 0 Å². The van der Waals surface area contributed by atoms with Crippen molar-refractivity contribution in [2.45, 2.75) is 26.7 Å². The van der Waals surface area contributed by atoms with Crippen molar-refractivity contribution < 1.29 is 14.3 Å². The molecule has 0 atom stereocenters. The van der Waals surface area contributed by atoms with E-state index in [1.807, 2.05) is 6.92 Å². The van der Waals surface area contributed by atoms with E-state index < -0.39 is 0 Å². The first kappa shape index (κ1) is 12.2. The van der Waals surface area contributed by atoms with Crippen molar-refractivity contribution in [2.24, 2.45) is 0 Å². The molecule has 0 aliphatic heterocycles. The Labute approximate surface area is 79.7 Å². The fraction of sp³-hybridized carbons (Fsp3) is 0.700. The van der Waals surface area contributed by atoms with Gasteiger partial charge in [-0.05, 0) is 13.3 Å². The zero-order valence-electron chi connectivity index (χ0n) is 8.63. The van der Waals surface area contributed by atoms with Crippen LogP contribution in [0.1, 0.15) is 26.7 Å². The summed E-state index contributed by atoms with van der Waals surface area (Å²) in [5, 5.41) is 0. The third kappa shape index (κ3) is 7.53. The summed E-state index contributed by atoms with van der Waals surface area (Å²) in [5.74, 6) is -0.275. The summed E-state index contributed by atoms with van der Waals surface area (Å²) >= 11 is 0. The normalized spacial score (nSPS) is 11.5. The molecular weight excluding hydrogens is 168 g/mol. The molecule has 0 aromatic heterocycles. The Morgan fingerprint density at radius 2 is 2.08 bits per heavy atom. The second-order valence-electron chi connectivity index (χ2n) is 2.90. The van der Waals surface area contributed by atoms with Crippen molar-refractivity contribution in [3.8, 4) is 0 Å². The van der Waals surface area contributed by atoms with Crippen molar-refractivity contribution in [1.82, 2.24) is 0 Å². The maximum Gasteiger partial charge on any atom is 0.330 e. The van der Waals surface area contributed by atoms with E-state index in [-0.39, 0.29) is 5.97 Å². The highest BCUT2D eigenvalue weighted by Gasteiger charge is 1.98. The van der Waals surface area contributed by atoms with Gasteiger partial charge in [0.25, 0.3) is 0 Å². The summed E-state index contributed by atoms with van der Waals surface area (Å²) < 4.78 is 9.61. The first-order valence-electron chi connectivity index (χ1n) is 4.53. The predicted molar refractivity (Wildman–Crippen MR) is 51.5 cm³/mol. The zero-order chi connectivity index (χ0) is 10.1. The summed E-state index contributed by atoms with van der Waals surface area (Å²) in [7, 11) is 1.58. The standard InChI is InChI=1S/C10H18O3/c1-4-5-9(2)8-10(11)13-7-6-12-3/h8H,4-7H2,1-3H3/b9-8+. The molecule has 0 aromatic rings. The molecule has 3 heteroatoms. The van der Waals surface area contributed by atoms with Gasteiger partial charge in [-0.2, -0.15) is 0 Å². The van der Waals surface area contributed by atoms with Crippen molar-refractivity contribution in [2.75, 3.05) is 20.3 Å². The fourth-order valence-corrected chi connectivity index (χ4v) is 0.935.